The normalized spacial score (nSPS) is 28.4. The Balaban J connectivity index is 1.19. The van der Waals surface area contributed by atoms with Crippen LogP contribution in [-0.4, -0.2) is 132 Å². The summed E-state index contributed by atoms with van der Waals surface area (Å²) in [6, 6.07) is -1.32. The third-order valence-corrected chi connectivity index (χ3v) is 9.73. The maximum atomic E-state index is 13.2. The van der Waals surface area contributed by atoms with Crippen molar-refractivity contribution < 1.29 is 29.1 Å². The molecule has 17 heteroatoms. The quantitative estimate of drug-likeness (QED) is 0.213. The minimum atomic E-state index is -1.17. The van der Waals surface area contributed by atoms with Gasteiger partial charge in [0.25, 0.3) is 0 Å². The summed E-state index contributed by atoms with van der Waals surface area (Å²) in [5.74, 6) is -2.87. The van der Waals surface area contributed by atoms with Crippen LogP contribution < -0.4 is 16.4 Å². The number of rotatable bonds is 9. The van der Waals surface area contributed by atoms with Crippen molar-refractivity contribution in [2.45, 2.75) is 50.2 Å². The Labute approximate surface area is 240 Å². The zero-order chi connectivity index (χ0) is 29.4. The summed E-state index contributed by atoms with van der Waals surface area (Å²) in [6.07, 6.45) is 1.83. The largest absolute Gasteiger partial charge is 0.477 e. The Hall–Kier alpha value is -3.57. The summed E-state index contributed by atoms with van der Waals surface area (Å²) in [5, 5.41) is 26.7. The van der Waals surface area contributed by atoms with Crippen LogP contribution in [0.4, 0.5) is 0 Å². The number of aromatic nitrogens is 4. The first-order valence-corrected chi connectivity index (χ1v) is 14.5. The molecule has 41 heavy (non-hydrogen) atoms. The van der Waals surface area contributed by atoms with Crippen LogP contribution in [0.15, 0.2) is 16.9 Å². The molecule has 0 spiro atoms. The lowest BCUT2D eigenvalue weighted by molar-refractivity contribution is -0.158. The number of carboxylic acid groups (broad SMARTS) is 1. The first kappa shape index (κ1) is 28.9. The van der Waals surface area contributed by atoms with E-state index in [0.717, 1.165) is 0 Å². The molecule has 0 saturated carbocycles. The molecule has 16 nitrogen and oxygen atoms in total. The van der Waals surface area contributed by atoms with E-state index in [1.54, 1.807) is 16.7 Å². The first-order valence-electron chi connectivity index (χ1n) is 13.6. The number of piperazine rings is 1. The van der Waals surface area contributed by atoms with Gasteiger partial charge >= 0.3 is 5.97 Å². The molecule has 0 aromatic carbocycles. The van der Waals surface area contributed by atoms with Crippen LogP contribution in [0.2, 0.25) is 0 Å². The van der Waals surface area contributed by atoms with Crippen LogP contribution in [0.25, 0.3) is 0 Å². The molecule has 4 amide bonds. The van der Waals surface area contributed by atoms with E-state index in [2.05, 4.69) is 26.2 Å². The molecule has 5 heterocycles. The number of β-lactam (4-membered cyclic amide) rings is 1. The predicted octanol–water partition coefficient (Wildman–Crippen LogP) is -2.96. The number of aliphatic carboxylic acids is 1. The highest BCUT2D eigenvalue weighted by atomic mass is 32.2. The van der Waals surface area contributed by atoms with E-state index in [4.69, 9.17) is 5.73 Å². The van der Waals surface area contributed by atoms with Crippen molar-refractivity contribution in [1.82, 2.24) is 45.5 Å². The monoisotopic (exact) mass is 590 g/mol. The molecule has 1 aromatic rings. The Morgan fingerprint density at radius 2 is 1.93 bits per heavy atom. The minimum absolute atomic E-state index is 0.0172. The van der Waals surface area contributed by atoms with Crippen LogP contribution in [0.3, 0.4) is 0 Å². The smallest absolute Gasteiger partial charge is 0.353 e. The number of fused-ring (bicyclic) bond motifs is 1. The van der Waals surface area contributed by atoms with Crippen molar-refractivity contribution in [3.8, 4) is 0 Å². The highest BCUT2D eigenvalue weighted by molar-refractivity contribution is 8.03. The second-order valence-corrected chi connectivity index (χ2v) is 12.1. The average Bonchev–Trinajstić information content (AvgIpc) is 3.68. The molecule has 5 N–H and O–H groups in total. The zero-order valence-electron chi connectivity index (χ0n) is 22.8. The lowest BCUT2D eigenvalue weighted by Crippen LogP contribution is -2.66. The van der Waals surface area contributed by atoms with E-state index < -0.39 is 30.0 Å². The SMILES string of the molecule is CC(NC(=O)Cn1cnnn1)[C@H]1C(=O)N2C(C(=O)O)=C(S[C@@H]3CN[C@H](C(=O)N4CCN(C(=O)CN)CC4)C3)[C@H](C)[C@H]12. The molecule has 0 aliphatic carbocycles. The molecule has 0 radical (unpaired) electrons. The van der Waals surface area contributed by atoms with E-state index in [1.807, 2.05) is 6.92 Å². The van der Waals surface area contributed by atoms with Gasteiger partial charge in [0.15, 0.2) is 0 Å². The number of nitrogens with two attached hydrogens (primary N) is 1. The van der Waals surface area contributed by atoms with E-state index in [0.29, 0.717) is 44.0 Å². The molecule has 222 valence electrons. The summed E-state index contributed by atoms with van der Waals surface area (Å²) in [7, 11) is 0. The number of carbonyl (C=O) groups is 5. The van der Waals surface area contributed by atoms with Crippen molar-refractivity contribution in [2.75, 3.05) is 39.3 Å². The molecule has 4 aliphatic rings. The maximum Gasteiger partial charge on any atom is 0.353 e. The molecule has 1 unspecified atom stereocenters. The van der Waals surface area contributed by atoms with Crippen LogP contribution in [0.5, 0.6) is 0 Å². The number of nitrogens with one attached hydrogen (secondary N) is 2. The van der Waals surface area contributed by atoms with Crippen LogP contribution >= 0.6 is 11.8 Å². The third-order valence-electron chi connectivity index (χ3n) is 8.22. The molecule has 3 saturated heterocycles. The fourth-order valence-electron chi connectivity index (χ4n) is 6.17. The van der Waals surface area contributed by atoms with E-state index in [1.165, 1.54) is 27.7 Å². The fraction of sp³-hybridized carbons (Fsp3) is 0.667. The van der Waals surface area contributed by atoms with Crippen LogP contribution in [-0.2, 0) is 30.5 Å². The van der Waals surface area contributed by atoms with E-state index >= 15 is 0 Å². The number of hydrogen-bond donors (Lipinski definition) is 4. The van der Waals surface area contributed by atoms with Gasteiger partial charge in [0.1, 0.15) is 18.6 Å². The van der Waals surface area contributed by atoms with Crippen molar-refractivity contribution in [1.29, 1.82) is 0 Å². The second-order valence-electron chi connectivity index (χ2n) is 10.7. The van der Waals surface area contributed by atoms with Gasteiger partial charge < -0.3 is 36.2 Å². The number of carboxylic acids is 1. The highest BCUT2D eigenvalue weighted by Gasteiger charge is 2.60. The molecule has 4 aliphatic heterocycles. The Morgan fingerprint density at radius 1 is 1.22 bits per heavy atom. The van der Waals surface area contributed by atoms with Gasteiger partial charge in [0, 0.05) is 54.8 Å². The van der Waals surface area contributed by atoms with Gasteiger partial charge in [-0.25, -0.2) is 9.48 Å². The summed E-state index contributed by atoms with van der Waals surface area (Å²) < 4.78 is 1.27. The van der Waals surface area contributed by atoms with Crippen LogP contribution in [0.1, 0.15) is 20.3 Å². The molecule has 1 aromatic heterocycles. The average molecular weight is 591 g/mol. The number of amides is 4. The van der Waals surface area contributed by atoms with E-state index in [-0.39, 0.29) is 53.6 Å². The van der Waals surface area contributed by atoms with Crippen molar-refractivity contribution in [2.24, 2.45) is 17.6 Å². The lowest BCUT2D eigenvalue weighted by Gasteiger charge is -2.47. The van der Waals surface area contributed by atoms with Gasteiger partial charge in [0.05, 0.1) is 24.5 Å². The lowest BCUT2D eigenvalue weighted by atomic mass is 9.78. The number of nitrogens with zero attached hydrogens (tertiary/aromatic N) is 7. The summed E-state index contributed by atoms with van der Waals surface area (Å²) >= 11 is 1.41. The Bertz CT molecular complexity index is 1250. The van der Waals surface area contributed by atoms with Crippen molar-refractivity contribution in [3.05, 3.63) is 16.9 Å². The molecule has 3 fully saturated rings. The fourth-order valence-corrected chi connectivity index (χ4v) is 7.65. The number of hydrogen-bond acceptors (Lipinski definition) is 11. The number of tetrazole rings is 1. The van der Waals surface area contributed by atoms with E-state index in [9.17, 15) is 29.1 Å². The Morgan fingerprint density at radius 3 is 2.56 bits per heavy atom. The topological polar surface area (TPSA) is 209 Å². The molecule has 5 rings (SSSR count). The summed E-state index contributed by atoms with van der Waals surface area (Å²) in [5.41, 5.74) is 5.42. The molecular formula is C24H34N10O6S. The number of carbonyl (C=O) groups excluding carboxylic acids is 4. The van der Waals surface area contributed by atoms with Crippen molar-refractivity contribution in [3.63, 3.8) is 0 Å². The number of thioether (sulfide) groups is 1. The minimum Gasteiger partial charge on any atom is -0.477 e. The summed E-state index contributed by atoms with van der Waals surface area (Å²) in [4.78, 5) is 68.3. The zero-order valence-corrected chi connectivity index (χ0v) is 23.6. The molecule has 6 atom stereocenters. The Kier molecular flexibility index (Phi) is 8.28. The van der Waals surface area contributed by atoms with Gasteiger partial charge in [-0.2, -0.15) is 0 Å². The molecular weight excluding hydrogens is 556 g/mol. The van der Waals surface area contributed by atoms with Gasteiger partial charge in [-0.3, -0.25) is 19.2 Å². The molecule has 0 bridgehead atoms. The van der Waals surface area contributed by atoms with Gasteiger partial charge in [-0.1, -0.05) is 6.92 Å². The van der Waals surface area contributed by atoms with Crippen molar-refractivity contribution >= 4 is 41.4 Å². The second kappa shape index (κ2) is 11.7. The summed E-state index contributed by atoms with van der Waals surface area (Å²) in [6.45, 7) is 5.77. The highest BCUT2D eigenvalue weighted by Crippen LogP contribution is 2.51. The van der Waals surface area contributed by atoms with Gasteiger partial charge in [-0.05, 0) is 23.8 Å². The van der Waals surface area contributed by atoms with Gasteiger partial charge in [0.2, 0.25) is 23.6 Å². The van der Waals surface area contributed by atoms with Crippen LogP contribution in [0, 0.1) is 11.8 Å². The third kappa shape index (κ3) is 5.52. The van der Waals surface area contributed by atoms with Gasteiger partial charge in [-0.15, -0.1) is 16.9 Å². The standard InChI is InChI=1S/C24H34N10O6S/c1-12-19-18(13(2)28-16(35)10-33-11-27-29-30-33)23(38)34(19)20(24(39)40)21(12)41-14-7-15(26-9-14)22(37)32-5-3-31(4-6-32)17(36)8-25/h11-15,18-19,26H,3-10,25H2,1-2H3,(H,28,35)(H,39,40)/t12-,13?,14+,15+,18-,19-/m1/s1. The maximum absolute atomic E-state index is 13.2. The first-order chi connectivity index (χ1) is 19.6. The predicted molar refractivity (Wildman–Crippen MR) is 143 cm³/mol.